The third kappa shape index (κ3) is 7.36. The van der Waals surface area contributed by atoms with Crippen LogP contribution in [0.5, 0.6) is 0 Å². The van der Waals surface area contributed by atoms with Crippen LogP contribution in [-0.2, 0) is 4.74 Å². The van der Waals surface area contributed by atoms with E-state index in [9.17, 15) is 4.79 Å². The summed E-state index contributed by atoms with van der Waals surface area (Å²) in [6.07, 6.45) is 1.69. The molecule has 6 heteroatoms. The molecular weight excluding hydrogens is 274 g/mol. The third-order valence-corrected chi connectivity index (χ3v) is 4.01. The molecule has 1 amide bonds. The molecule has 0 fully saturated rings. The Morgan fingerprint density at radius 2 is 1.95 bits per heavy atom. The predicted octanol–water partition coefficient (Wildman–Crippen LogP) is 1.91. The van der Waals surface area contributed by atoms with Gasteiger partial charge in [0.1, 0.15) is 5.60 Å². The topological polar surface area (TPSA) is 67.6 Å². The van der Waals surface area contributed by atoms with Gasteiger partial charge in [-0.2, -0.15) is 11.8 Å². The molecule has 120 valence electrons. The second-order valence-electron chi connectivity index (χ2n) is 6.21. The molecule has 0 aromatic rings. The van der Waals surface area contributed by atoms with Gasteiger partial charge in [-0.1, -0.05) is 0 Å². The summed E-state index contributed by atoms with van der Waals surface area (Å²) in [6.45, 7) is 10.2. The second-order valence-corrected chi connectivity index (χ2v) is 7.12. The van der Waals surface area contributed by atoms with Crippen LogP contribution >= 0.6 is 11.8 Å². The Labute approximate surface area is 128 Å². The molecule has 0 rings (SSSR count). The van der Waals surface area contributed by atoms with Crippen LogP contribution < -0.4 is 11.1 Å². The van der Waals surface area contributed by atoms with Crippen LogP contribution in [0, 0.1) is 0 Å². The highest BCUT2D eigenvalue weighted by atomic mass is 32.2. The summed E-state index contributed by atoms with van der Waals surface area (Å²) in [5, 5.41) is 2.88. The van der Waals surface area contributed by atoms with Gasteiger partial charge in [0.15, 0.2) is 0 Å². The summed E-state index contributed by atoms with van der Waals surface area (Å²) in [5.41, 5.74) is 5.38. The van der Waals surface area contributed by atoms with E-state index in [0.717, 1.165) is 5.75 Å². The Hall–Kier alpha value is -0.460. The molecule has 5 nitrogen and oxygen atoms in total. The van der Waals surface area contributed by atoms with Crippen LogP contribution in [0.2, 0.25) is 0 Å². The molecule has 0 radical (unpaired) electrons. The zero-order chi connectivity index (χ0) is 15.9. The molecule has 0 saturated carbocycles. The van der Waals surface area contributed by atoms with Crippen molar-refractivity contribution in [3.63, 3.8) is 0 Å². The fourth-order valence-corrected chi connectivity index (χ4v) is 2.72. The monoisotopic (exact) mass is 305 g/mol. The lowest BCUT2D eigenvalue weighted by molar-refractivity contribution is 0.0469. The molecule has 0 aliphatic carbocycles. The van der Waals surface area contributed by atoms with Gasteiger partial charge in [-0.25, -0.2) is 4.79 Å². The average Bonchev–Trinajstić information content (AvgIpc) is 2.27. The summed E-state index contributed by atoms with van der Waals surface area (Å²) >= 11 is 1.80. The molecule has 0 saturated heterocycles. The van der Waals surface area contributed by atoms with E-state index in [-0.39, 0.29) is 12.1 Å². The maximum atomic E-state index is 11.8. The first kappa shape index (κ1) is 19.5. The SMILES string of the molecule is CSCC(C)N(C)C(CN)C(C)NC(=O)OC(C)(C)C. The number of nitrogens with zero attached hydrogens (tertiary/aromatic N) is 1. The molecule has 0 bridgehead atoms. The quantitative estimate of drug-likeness (QED) is 0.752. The number of carbonyl (C=O) groups excluding carboxylic acids is 1. The number of hydrogen-bond acceptors (Lipinski definition) is 5. The Morgan fingerprint density at radius 3 is 2.35 bits per heavy atom. The number of likely N-dealkylation sites (N-methyl/N-ethyl adjacent to an activating group) is 1. The first-order chi connectivity index (χ1) is 9.12. The second kappa shape index (κ2) is 8.74. The zero-order valence-corrected chi connectivity index (χ0v) is 14.7. The summed E-state index contributed by atoms with van der Waals surface area (Å²) in [4.78, 5) is 14.0. The van der Waals surface area contributed by atoms with Gasteiger partial charge in [-0.05, 0) is 47.9 Å². The van der Waals surface area contributed by atoms with E-state index in [4.69, 9.17) is 10.5 Å². The number of nitrogens with two attached hydrogens (primary N) is 1. The first-order valence-corrected chi connectivity index (χ1v) is 8.42. The predicted molar refractivity (Wildman–Crippen MR) is 87.3 cm³/mol. The van der Waals surface area contributed by atoms with Crippen LogP contribution in [0.15, 0.2) is 0 Å². The van der Waals surface area contributed by atoms with Gasteiger partial charge in [-0.15, -0.1) is 0 Å². The molecule has 20 heavy (non-hydrogen) atoms. The summed E-state index contributed by atoms with van der Waals surface area (Å²) in [7, 11) is 2.05. The van der Waals surface area contributed by atoms with Gasteiger partial charge in [-0.3, -0.25) is 4.90 Å². The smallest absolute Gasteiger partial charge is 0.407 e. The molecule has 0 aromatic carbocycles. The van der Waals surface area contributed by atoms with Crippen molar-refractivity contribution in [2.24, 2.45) is 5.73 Å². The Bertz CT molecular complexity index is 295. The van der Waals surface area contributed by atoms with Gasteiger partial charge in [0, 0.05) is 30.4 Å². The van der Waals surface area contributed by atoms with Crippen molar-refractivity contribution in [3.05, 3.63) is 0 Å². The van der Waals surface area contributed by atoms with Gasteiger partial charge < -0.3 is 15.8 Å². The van der Waals surface area contributed by atoms with E-state index in [1.54, 1.807) is 11.8 Å². The Balaban J connectivity index is 4.54. The highest BCUT2D eigenvalue weighted by Gasteiger charge is 2.26. The lowest BCUT2D eigenvalue weighted by Gasteiger charge is -2.36. The van der Waals surface area contributed by atoms with Gasteiger partial charge in [0.2, 0.25) is 0 Å². The normalized spacial score (nSPS) is 16.6. The highest BCUT2D eigenvalue weighted by Crippen LogP contribution is 2.11. The maximum Gasteiger partial charge on any atom is 0.407 e. The van der Waals surface area contributed by atoms with Crippen LogP contribution in [0.3, 0.4) is 0 Å². The third-order valence-electron chi connectivity index (χ3n) is 3.19. The number of amides is 1. The first-order valence-electron chi connectivity index (χ1n) is 7.02. The zero-order valence-electron chi connectivity index (χ0n) is 13.9. The van der Waals surface area contributed by atoms with E-state index < -0.39 is 11.7 Å². The standard InChI is InChI=1S/C14H31N3O2S/c1-10(9-20-7)17(6)12(8-15)11(2)16-13(18)19-14(3,4)5/h10-12H,8-9,15H2,1-7H3,(H,16,18). The number of ether oxygens (including phenoxy) is 1. The number of nitrogens with one attached hydrogen (secondary N) is 1. The van der Waals surface area contributed by atoms with Gasteiger partial charge >= 0.3 is 6.09 Å². The fourth-order valence-electron chi connectivity index (χ4n) is 2.00. The molecule has 3 atom stereocenters. The average molecular weight is 305 g/mol. The number of carbonyl (C=O) groups is 1. The fraction of sp³-hybridized carbons (Fsp3) is 0.929. The molecule has 0 aliphatic heterocycles. The summed E-state index contributed by atoms with van der Waals surface area (Å²) < 4.78 is 5.28. The molecular formula is C14H31N3O2S. The summed E-state index contributed by atoms with van der Waals surface area (Å²) in [5.74, 6) is 1.03. The van der Waals surface area contributed by atoms with Crippen LogP contribution in [0.25, 0.3) is 0 Å². The van der Waals surface area contributed by atoms with Crippen molar-refractivity contribution in [2.75, 3.05) is 25.6 Å². The van der Waals surface area contributed by atoms with Crippen molar-refractivity contribution in [1.82, 2.24) is 10.2 Å². The van der Waals surface area contributed by atoms with E-state index in [2.05, 4.69) is 23.4 Å². The molecule has 0 spiro atoms. The number of alkyl carbamates (subject to hydrolysis) is 1. The van der Waals surface area contributed by atoms with Crippen molar-refractivity contribution < 1.29 is 9.53 Å². The van der Waals surface area contributed by atoms with E-state index >= 15 is 0 Å². The van der Waals surface area contributed by atoms with Gasteiger partial charge in [0.05, 0.1) is 0 Å². The van der Waals surface area contributed by atoms with Crippen LogP contribution in [-0.4, -0.2) is 60.3 Å². The molecule has 0 heterocycles. The number of rotatable bonds is 7. The minimum atomic E-state index is -0.486. The lowest BCUT2D eigenvalue weighted by atomic mass is 10.1. The molecule has 0 aliphatic rings. The Kier molecular flexibility index (Phi) is 8.54. The molecule has 3 N–H and O–H groups in total. The maximum absolute atomic E-state index is 11.8. The lowest BCUT2D eigenvalue weighted by Crippen LogP contribution is -2.55. The Morgan fingerprint density at radius 1 is 1.40 bits per heavy atom. The number of thioether (sulfide) groups is 1. The van der Waals surface area contributed by atoms with Crippen molar-refractivity contribution in [1.29, 1.82) is 0 Å². The van der Waals surface area contributed by atoms with Crippen molar-refractivity contribution in [2.45, 2.75) is 58.3 Å². The molecule has 3 unspecified atom stereocenters. The van der Waals surface area contributed by atoms with Crippen LogP contribution in [0.4, 0.5) is 4.79 Å². The molecule has 0 aromatic heterocycles. The largest absolute Gasteiger partial charge is 0.444 e. The summed E-state index contributed by atoms with van der Waals surface area (Å²) in [6, 6.07) is 0.426. The van der Waals surface area contributed by atoms with E-state index in [0.29, 0.717) is 12.6 Å². The van der Waals surface area contributed by atoms with E-state index in [1.807, 2.05) is 34.7 Å². The van der Waals surface area contributed by atoms with Crippen molar-refractivity contribution >= 4 is 17.9 Å². The number of hydrogen-bond donors (Lipinski definition) is 2. The highest BCUT2D eigenvalue weighted by molar-refractivity contribution is 7.98. The van der Waals surface area contributed by atoms with Crippen LogP contribution in [0.1, 0.15) is 34.6 Å². The van der Waals surface area contributed by atoms with E-state index in [1.165, 1.54) is 0 Å². The minimum absolute atomic E-state index is 0.0656. The minimum Gasteiger partial charge on any atom is -0.444 e. The van der Waals surface area contributed by atoms with Crippen molar-refractivity contribution in [3.8, 4) is 0 Å². The van der Waals surface area contributed by atoms with Gasteiger partial charge in [0.25, 0.3) is 0 Å².